The van der Waals surface area contributed by atoms with Crippen molar-refractivity contribution in [3.63, 3.8) is 0 Å². The second-order valence-electron chi connectivity index (χ2n) is 16.2. The maximum Gasteiger partial charge on any atom is 0.135 e. The van der Waals surface area contributed by atoms with Gasteiger partial charge in [-0.15, -0.1) is 0 Å². The van der Waals surface area contributed by atoms with Gasteiger partial charge in [-0.2, -0.15) is 0 Å². The van der Waals surface area contributed by atoms with Crippen LogP contribution in [0.25, 0.3) is 89.1 Å². The molecule has 0 fully saturated rings. The van der Waals surface area contributed by atoms with E-state index in [1.165, 1.54) is 38.9 Å². The lowest BCUT2D eigenvalue weighted by Gasteiger charge is -2.27. The van der Waals surface area contributed by atoms with E-state index in [1.54, 1.807) is 0 Å². The summed E-state index contributed by atoms with van der Waals surface area (Å²) in [6.07, 6.45) is 0. The standard InChI is InChI=1S/C62H43NO/c1-5-16-44(17-6-1)53-37-54(45-18-7-2-8-19-45)39-55(38-53)49-30-34-59(35-31-49)63(60-41-56(46-20-9-3-10-21-46)40-57(42-60)47-22-11-4-12-23-47)58-32-28-48(29-33-58)50-25-15-26-51(36-50)62-43-52-24-13-14-27-61(52)64-62/h1-43H. The number of rotatable bonds is 10. The third-order valence-electron chi connectivity index (χ3n) is 12.0. The first-order valence-electron chi connectivity index (χ1n) is 21.8. The Labute approximate surface area is 374 Å². The van der Waals surface area contributed by atoms with Crippen molar-refractivity contribution in [2.45, 2.75) is 0 Å². The first-order valence-corrected chi connectivity index (χ1v) is 21.8. The minimum atomic E-state index is 0.866. The van der Waals surface area contributed by atoms with Crippen LogP contribution >= 0.6 is 0 Å². The summed E-state index contributed by atoms with van der Waals surface area (Å²) in [6.45, 7) is 0. The first-order chi connectivity index (χ1) is 31.7. The molecule has 0 aliphatic carbocycles. The summed E-state index contributed by atoms with van der Waals surface area (Å²) >= 11 is 0. The van der Waals surface area contributed by atoms with Gasteiger partial charge in [0.25, 0.3) is 0 Å². The topological polar surface area (TPSA) is 16.4 Å². The fraction of sp³-hybridized carbons (Fsp3) is 0. The molecule has 0 aliphatic heterocycles. The lowest BCUT2D eigenvalue weighted by atomic mass is 9.93. The molecule has 11 aromatic rings. The van der Waals surface area contributed by atoms with Gasteiger partial charge in [-0.25, -0.2) is 0 Å². The van der Waals surface area contributed by atoms with Crippen molar-refractivity contribution >= 4 is 28.0 Å². The van der Waals surface area contributed by atoms with Crippen LogP contribution < -0.4 is 4.90 Å². The number of hydrogen-bond donors (Lipinski definition) is 0. The molecule has 10 aromatic carbocycles. The van der Waals surface area contributed by atoms with Crippen LogP contribution in [0.4, 0.5) is 17.1 Å². The molecule has 0 saturated carbocycles. The normalized spacial score (nSPS) is 11.1. The van der Waals surface area contributed by atoms with E-state index in [0.29, 0.717) is 0 Å². The number of para-hydroxylation sites is 1. The molecular weight excluding hydrogens is 775 g/mol. The second-order valence-corrected chi connectivity index (χ2v) is 16.2. The van der Waals surface area contributed by atoms with Gasteiger partial charge in [-0.05, 0) is 146 Å². The fourth-order valence-corrected chi connectivity index (χ4v) is 8.75. The maximum atomic E-state index is 6.26. The average molecular weight is 818 g/mol. The van der Waals surface area contributed by atoms with E-state index >= 15 is 0 Å². The van der Waals surface area contributed by atoms with Gasteiger partial charge < -0.3 is 9.32 Å². The highest BCUT2D eigenvalue weighted by Gasteiger charge is 2.18. The Morgan fingerprint density at radius 1 is 0.219 bits per heavy atom. The number of nitrogens with zero attached hydrogens (tertiary/aromatic N) is 1. The number of hydrogen-bond acceptors (Lipinski definition) is 2. The molecule has 2 nitrogen and oxygen atoms in total. The second kappa shape index (κ2) is 17.1. The van der Waals surface area contributed by atoms with Gasteiger partial charge in [0.2, 0.25) is 0 Å². The lowest BCUT2D eigenvalue weighted by Crippen LogP contribution is -2.10. The summed E-state index contributed by atoms with van der Waals surface area (Å²) in [5.41, 5.74) is 19.2. The van der Waals surface area contributed by atoms with Crippen LogP contribution in [0.2, 0.25) is 0 Å². The van der Waals surface area contributed by atoms with E-state index in [4.69, 9.17) is 4.42 Å². The van der Waals surface area contributed by atoms with E-state index in [-0.39, 0.29) is 0 Å². The predicted molar refractivity (Wildman–Crippen MR) is 269 cm³/mol. The zero-order valence-corrected chi connectivity index (χ0v) is 35.2. The molecule has 11 rings (SSSR count). The smallest absolute Gasteiger partial charge is 0.135 e. The molecule has 2 heteroatoms. The quantitative estimate of drug-likeness (QED) is 0.137. The minimum absolute atomic E-state index is 0.866. The molecule has 0 saturated heterocycles. The van der Waals surface area contributed by atoms with Crippen molar-refractivity contribution in [1.82, 2.24) is 0 Å². The van der Waals surface area contributed by atoms with E-state index in [2.05, 4.69) is 248 Å². The van der Waals surface area contributed by atoms with Crippen molar-refractivity contribution in [2.75, 3.05) is 4.90 Å². The number of fused-ring (bicyclic) bond motifs is 1. The van der Waals surface area contributed by atoms with Gasteiger partial charge >= 0.3 is 0 Å². The van der Waals surface area contributed by atoms with Crippen molar-refractivity contribution in [3.8, 4) is 78.1 Å². The summed E-state index contributed by atoms with van der Waals surface area (Å²) in [5.74, 6) is 0.866. The van der Waals surface area contributed by atoms with E-state index in [0.717, 1.165) is 67.2 Å². The molecule has 0 radical (unpaired) electrons. The van der Waals surface area contributed by atoms with Crippen LogP contribution in [0.3, 0.4) is 0 Å². The maximum absolute atomic E-state index is 6.26. The van der Waals surface area contributed by atoms with Crippen LogP contribution in [-0.2, 0) is 0 Å². The SMILES string of the molecule is c1ccc(-c2cc(-c3ccccc3)cc(-c3ccc(N(c4ccc(-c5cccc(-c6cc7ccccc7o6)c5)cc4)c4cc(-c5ccccc5)cc(-c5ccccc5)c4)cc3)c2)cc1. The van der Waals surface area contributed by atoms with Gasteiger partial charge in [0.1, 0.15) is 11.3 Å². The highest BCUT2D eigenvalue weighted by molar-refractivity contribution is 5.88. The van der Waals surface area contributed by atoms with Crippen molar-refractivity contribution in [1.29, 1.82) is 0 Å². The monoisotopic (exact) mass is 817 g/mol. The highest BCUT2D eigenvalue weighted by atomic mass is 16.3. The molecule has 1 heterocycles. The molecule has 64 heavy (non-hydrogen) atoms. The van der Waals surface area contributed by atoms with E-state index < -0.39 is 0 Å². The summed E-state index contributed by atoms with van der Waals surface area (Å²) < 4.78 is 6.26. The van der Waals surface area contributed by atoms with Crippen molar-refractivity contribution in [2.24, 2.45) is 0 Å². The van der Waals surface area contributed by atoms with Crippen LogP contribution in [0.1, 0.15) is 0 Å². The summed E-state index contributed by atoms with van der Waals surface area (Å²) in [7, 11) is 0. The Morgan fingerprint density at radius 2 is 0.562 bits per heavy atom. The zero-order valence-electron chi connectivity index (χ0n) is 35.2. The van der Waals surface area contributed by atoms with Gasteiger partial charge in [-0.3, -0.25) is 0 Å². The van der Waals surface area contributed by atoms with E-state index in [1.807, 2.05) is 18.2 Å². The van der Waals surface area contributed by atoms with Gasteiger partial charge in [0.15, 0.2) is 0 Å². The van der Waals surface area contributed by atoms with Crippen LogP contribution in [0.5, 0.6) is 0 Å². The number of furan rings is 1. The molecule has 0 amide bonds. The summed E-state index contributed by atoms with van der Waals surface area (Å²) in [5, 5.41) is 1.10. The summed E-state index contributed by atoms with van der Waals surface area (Å²) in [6, 6.07) is 93.4. The molecule has 0 N–H and O–H groups in total. The Bertz CT molecular complexity index is 3190. The fourth-order valence-electron chi connectivity index (χ4n) is 8.75. The average Bonchev–Trinajstić information content (AvgIpc) is 3.83. The van der Waals surface area contributed by atoms with Crippen LogP contribution in [-0.4, -0.2) is 0 Å². The molecule has 0 spiro atoms. The lowest BCUT2D eigenvalue weighted by molar-refractivity contribution is 0.631. The molecule has 0 atom stereocenters. The van der Waals surface area contributed by atoms with Gasteiger partial charge in [0.05, 0.1) is 0 Å². The first kappa shape index (κ1) is 38.5. The largest absolute Gasteiger partial charge is 0.456 e. The van der Waals surface area contributed by atoms with Crippen molar-refractivity contribution < 1.29 is 4.42 Å². The molecule has 302 valence electrons. The molecule has 0 unspecified atom stereocenters. The van der Waals surface area contributed by atoms with Crippen LogP contribution in [0.15, 0.2) is 265 Å². The Morgan fingerprint density at radius 3 is 1.02 bits per heavy atom. The third kappa shape index (κ3) is 7.93. The van der Waals surface area contributed by atoms with Gasteiger partial charge in [-0.1, -0.05) is 182 Å². The van der Waals surface area contributed by atoms with Gasteiger partial charge in [0, 0.05) is 28.0 Å². The Kier molecular flexibility index (Phi) is 10.3. The molecular formula is C62H43NO. The molecule has 0 bridgehead atoms. The Hall–Kier alpha value is -8.46. The Balaban J connectivity index is 1.02. The third-order valence-corrected chi connectivity index (χ3v) is 12.0. The van der Waals surface area contributed by atoms with Crippen LogP contribution in [0, 0.1) is 0 Å². The van der Waals surface area contributed by atoms with E-state index in [9.17, 15) is 0 Å². The number of benzene rings is 10. The summed E-state index contributed by atoms with van der Waals surface area (Å²) in [4.78, 5) is 2.38. The number of anilines is 3. The molecule has 1 aromatic heterocycles. The van der Waals surface area contributed by atoms with Crippen molar-refractivity contribution in [3.05, 3.63) is 261 Å². The highest BCUT2D eigenvalue weighted by Crippen LogP contribution is 2.42. The predicted octanol–water partition coefficient (Wildman–Crippen LogP) is 17.6. The minimum Gasteiger partial charge on any atom is -0.456 e. The molecule has 0 aliphatic rings. The zero-order chi connectivity index (χ0) is 42.7.